The normalized spacial score (nSPS) is 14.7. The summed E-state index contributed by atoms with van der Waals surface area (Å²) in [6, 6.07) is 3.74. The molecule has 0 heterocycles. The zero-order valence-corrected chi connectivity index (χ0v) is 14.7. The lowest BCUT2D eigenvalue weighted by molar-refractivity contribution is 0.290. The highest BCUT2D eigenvalue weighted by atomic mass is 19.1. The van der Waals surface area contributed by atoms with Gasteiger partial charge in [-0.25, -0.2) is 8.78 Å². The number of nitrogens with one attached hydrogen (secondary N) is 2. The Kier molecular flexibility index (Phi) is 7.95. The summed E-state index contributed by atoms with van der Waals surface area (Å²) >= 11 is 0. The lowest BCUT2D eigenvalue weighted by Crippen LogP contribution is -2.42. The van der Waals surface area contributed by atoms with Gasteiger partial charge in [-0.1, -0.05) is 13.0 Å². The van der Waals surface area contributed by atoms with Crippen molar-refractivity contribution >= 4 is 5.96 Å². The second-order valence-electron chi connectivity index (χ2n) is 5.79. The average molecular weight is 326 g/mol. The van der Waals surface area contributed by atoms with Crippen molar-refractivity contribution < 1.29 is 8.78 Å². The molecule has 0 aliphatic carbocycles. The smallest absolute Gasteiger partial charge is 0.191 e. The van der Waals surface area contributed by atoms with E-state index in [0.717, 1.165) is 13.0 Å². The van der Waals surface area contributed by atoms with Crippen molar-refractivity contribution in [2.24, 2.45) is 4.99 Å². The SMILES string of the molecule is CCNC(=NCC(c1c(F)cccc1F)N(C)C)NC(C)CC. The Hall–Kier alpha value is -1.69. The van der Waals surface area contributed by atoms with Gasteiger partial charge in [-0.15, -0.1) is 0 Å². The Balaban J connectivity index is 3.00. The first kappa shape index (κ1) is 19.4. The van der Waals surface area contributed by atoms with Crippen LogP contribution in [-0.4, -0.2) is 44.1 Å². The van der Waals surface area contributed by atoms with E-state index in [1.165, 1.54) is 18.2 Å². The molecule has 1 aromatic rings. The Labute approximate surface area is 138 Å². The van der Waals surface area contributed by atoms with Gasteiger partial charge in [0.15, 0.2) is 5.96 Å². The van der Waals surface area contributed by atoms with Gasteiger partial charge in [-0.2, -0.15) is 0 Å². The molecule has 2 unspecified atom stereocenters. The van der Waals surface area contributed by atoms with Crippen LogP contribution in [0.3, 0.4) is 0 Å². The van der Waals surface area contributed by atoms with Crippen LogP contribution < -0.4 is 10.6 Å². The van der Waals surface area contributed by atoms with Crippen LogP contribution in [0.1, 0.15) is 38.8 Å². The predicted octanol–water partition coefficient (Wildman–Crippen LogP) is 2.92. The van der Waals surface area contributed by atoms with Crippen LogP contribution in [0.4, 0.5) is 8.78 Å². The summed E-state index contributed by atoms with van der Waals surface area (Å²) < 4.78 is 28.1. The average Bonchev–Trinajstić information content (AvgIpc) is 2.49. The molecule has 0 radical (unpaired) electrons. The number of hydrogen-bond donors (Lipinski definition) is 2. The Morgan fingerprint density at radius 2 is 1.83 bits per heavy atom. The molecule has 2 atom stereocenters. The molecular weight excluding hydrogens is 298 g/mol. The third-order valence-electron chi connectivity index (χ3n) is 3.72. The van der Waals surface area contributed by atoms with Crippen LogP contribution in [0, 0.1) is 11.6 Å². The zero-order valence-electron chi connectivity index (χ0n) is 14.7. The highest BCUT2D eigenvalue weighted by Gasteiger charge is 2.22. The molecule has 6 heteroatoms. The maximum absolute atomic E-state index is 14.1. The minimum Gasteiger partial charge on any atom is -0.357 e. The van der Waals surface area contributed by atoms with E-state index in [1.54, 1.807) is 19.0 Å². The van der Waals surface area contributed by atoms with E-state index in [2.05, 4.69) is 29.5 Å². The van der Waals surface area contributed by atoms with E-state index < -0.39 is 17.7 Å². The van der Waals surface area contributed by atoms with Crippen molar-refractivity contribution in [3.8, 4) is 0 Å². The molecule has 0 saturated carbocycles. The van der Waals surface area contributed by atoms with Gasteiger partial charge in [0, 0.05) is 18.2 Å². The lowest BCUT2D eigenvalue weighted by Gasteiger charge is -2.25. The molecular formula is C17H28F2N4. The largest absolute Gasteiger partial charge is 0.357 e. The van der Waals surface area contributed by atoms with E-state index in [-0.39, 0.29) is 18.2 Å². The number of hydrogen-bond acceptors (Lipinski definition) is 2. The minimum absolute atomic E-state index is 0.0561. The van der Waals surface area contributed by atoms with Crippen LogP contribution in [0.25, 0.3) is 0 Å². The molecule has 130 valence electrons. The number of halogens is 2. The maximum Gasteiger partial charge on any atom is 0.191 e. The molecule has 2 N–H and O–H groups in total. The van der Waals surface area contributed by atoms with Crippen LogP contribution in [-0.2, 0) is 0 Å². The molecule has 4 nitrogen and oxygen atoms in total. The van der Waals surface area contributed by atoms with Gasteiger partial charge < -0.3 is 15.5 Å². The topological polar surface area (TPSA) is 39.7 Å². The standard InChI is InChI=1S/C17H28F2N4/c1-6-12(3)22-17(20-7-2)21-11-15(23(4)5)16-13(18)9-8-10-14(16)19/h8-10,12,15H,6-7,11H2,1-5H3,(H2,20,21,22). The van der Waals surface area contributed by atoms with Crippen molar-refractivity contribution in [3.63, 3.8) is 0 Å². The van der Waals surface area contributed by atoms with Crippen molar-refractivity contribution in [2.75, 3.05) is 27.2 Å². The summed E-state index contributed by atoms with van der Waals surface area (Å²) in [6.45, 7) is 7.11. The summed E-state index contributed by atoms with van der Waals surface area (Å²) in [5, 5.41) is 6.43. The van der Waals surface area contributed by atoms with Crippen LogP contribution in [0.15, 0.2) is 23.2 Å². The number of guanidine groups is 1. The molecule has 0 spiro atoms. The van der Waals surface area contributed by atoms with Gasteiger partial charge in [0.1, 0.15) is 11.6 Å². The van der Waals surface area contributed by atoms with E-state index in [1.807, 2.05) is 6.92 Å². The first-order valence-electron chi connectivity index (χ1n) is 8.05. The number of rotatable bonds is 7. The fourth-order valence-corrected chi connectivity index (χ4v) is 2.18. The molecule has 1 aromatic carbocycles. The fourth-order valence-electron chi connectivity index (χ4n) is 2.18. The van der Waals surface area contributed by atoms with Gasteiger partial charge in [0.05, 0.1) is 12.6 Å². The Morgan fingerprint density at radius 3 is 2.30 bits per heavy atom. The van der Waals surface area contributed by atoms with Gasteiger partial charge in [0.2, 0.25) is 0 Å². The first-order chi connectivity index (χ1) is 10.9. The summed E-state index contributed by atoms with van der Waals surface area (Å²) in [7, 11) is 3.59. The molecule has 0 aromatic heterocycles. The second-order valence-corrected chi connectivity index (χ2v) is 5.79. The number of likely N-dealkylation sites (N-methyl/N-ethyl adjacent to an activating group) is 1. The molecule has 0 aliphatic rings. The summed E-state index contributed by atoms with van der Waals surface area (Å²) in [4.78, 5) is 6.28. The summed E-state index contributed by atoms with van der Waals surface area (Å²) in [6.07, 6.45) is 0.962. The van der Waals surface area contributed by atoms with Crippen LogP contribution >= 0.6 is 0 Å². The van der Waals surface area contributed by atoms with E-state index in [4.69, 9.17) is 0 Å². The molecule has 0 aliphatic heterocycles. The molecule has 0 saturated heterocycles. The molecule has 0 bridgehead atoms. The highest BCUT2D eigenvalue weighted by molar-refractivity contribution is 5.80. The summed E-state index contributed by atoms with van der Waals surface area (Å²) in [5.41, 5.74) is 0.0561. The minimum atomic E-state index is -0.543. The summed E-state index contributed by atoms with van der Waals surface area (Å²) in [5.74, 6) is -0.428. The Morgan fingerprint density at radius 1 is 1.22 bits per heavy atom. The maximum atomic E-state index is 14.1. The number of aliphatic imine (C=N–C) groups is 1. The first-order valence-corrected chi connectivity index (χ1v) is 8.05. The van der Waals surface area contributed by atoms with Crippen molar-refractivity contribution in [3.05, 3.63) is 35.4 Å². The molecule has 0 fully saturated rings. The quantitative estimate of drug-likeness (QED) is 0.598. The lowest BCUT2D eigenvalue weighted by atomic mass is 10.0. The van der Waals surface area contributed by atoms with Gasteiger partial charge in [-0.3, -0.25) is 4.99 Å². The number of benzene rings is 1. The monoisotopic (exact) mass is 326 g/mol. The molecule has 23 heavy (non-hydrogen) atoms. The van der Waals surface area contributed by atoms with Crippen molar-refractivity contribution in [1.29, 1.82) is 0 Å². The van der Waals surface area contributed by atoms with E-state index in [0.29, 0.717) is 5.96 Å². The van der Waals surface area contributed by atoms with E-state index in [9.17, 15) is 8.78 Å². The molecule has 1 rings (SSSR count). The van der Waals surface area contributed by atoms with Crippen LogP contribution in [0.5, 0.6) is 0 Å². The van der Waals surface area contributed by atoms with Gasteiger partial charge in [0.25, 0.3) is 0 Å². The van der Waals surface area contributed by atoms with Gasteiger partial charge in [-0.05, 0) is 46.5 Å². The third-order valence-corrected chi connectivity index (χ3v) is 3.72. The second kappa shape index (κ2) is 9.45. The van der Waals surface area contributed by atoms with Gasteiger partial charge >= 0.3 is 0 Å². The zero-order chi connectivity index (χ0) is 17.4. The fraction of sp³-hybridized carbons (Fsp3) is 0.588. The predicted molar refractivity (Wildman–Crippen MR) is 91.7 cm³/mol. The van der Waals surface area contributed by atoms with Crippen molar-refractivity contribution in [2.45, 2.75) is 39.3 Å². The van der Waals surface area contributed by atoms with Crippen LogP contribution in [0.2, 0.25) is 0 Å². The van der Waals surface area contributed by atoms with E-state index >= 15 is 0 Å². The Bertz CT molecular complexity index is 497. The third kappa shape index (κ3) is 5.78. The highest BCUT2D eigenvalue weighted by Crippen LogP contribution is 2.24. The molecule has 0 amide bonds. The number of nitrogens with zero attached hydrogens (tertiary/aromatic N) is 2. The van der Waals surface area contributed by atoms with Crippen molar-refractivity contribution in [1.82, 2.24) is 15.5 Å².